The Morgan fingerprint density at radius 2 is 2.00 bits per heavy atom. The van der Waals surface area contributed by atoms with Crippen LogP contribution in [0.4, 0.5) is 0 Å². The number of ether oxygens (including phenoxy) is 1. The minimum absolute atomic E-state index is 0.391. The summed E-state index contributed by atoms with van der Waals surface area (Å²) in [4.78, 5) is 0. The molecule has 2 aliphatic carbocycles. The van der Waals surface area contributed by atoms with E-state index in [9.17, 15) is 0 Å². The lowest BCUT2D eigenvalue weighted by molar-refractivity contribution is 0.0117. The summed E-state index contributed by atoms with van der Waals surface area (Å²) in [5.41, 5.74) is 2.60. The number of nitrogens with zero attached hydrogens (tertiary/aromatic N) is 3. The van der Waals surface area contributed by atoms with Crippen LogP contribution in [0.15, 0.2) is 18.6 Å². The zero-order chi connectivity index (χ0) is 16.9. The lowest BCUT2D eigenvalue weighted by Gasteiger charge is -2.46. The van der Waals surface area contributed by atoms with Crippen molar-refractivity contribution >= 4 is 5.65 Å². The number of rotatable bonds is 4. The third-order valence-electron chi connectivity index (χ3n) is 7.02. The fourth-order valence-electron chi connectivity index (χ4n) is 4.26. The van der Waals surface area contributed by atoms with Gasteiger partial charge in [0.1, 0.15) is 12.1 Å². The van der Waals surface area contributed by atoms with E-state index in [-0.39, 0.29) is 0 Å². The van der Waals surface area contributed by atoms with Crippen molar-refractivity contribution in [3.8, 4) is 5.75 Å². The van der Waals surface area contributed by atoms with Gasteiger partial charge in [-0.3, -0.25) is 4.40 Å². The molecule has 0 spiro atoms. The summed E-state index contributed by atoms with van der Waals surface area (Å²) in [6, 6.07) is 2.07. The molecular weight excluding hydrogens is 298 g/mol. The fraction of sp³-hybridized carbons (Fsp3) is 0.700. The molecule has 0 saturated heterocycles. The van der Waals surface area contributed by atoms with Gasteiger partial charge in [0.2, 0.25) is 0 Å². The van der Waals surface area contributed by atoms with E-state index >= 15 is 0 Å². The van der Waals surface area contributed by atoms with E-state index in [0.717, 1.165) is 23.9 Å². The van der Waals surface area contributed by atoms with Crippen LogP contribution >= 0.6 is 0 Å². The second-order valence-electron chi connectivity index (χ2n) is 8.62. The largest absolute Gasteiger partial charge is 0.493 e. The second kappa shape index (κ2) is 5.75. The summed E-state index contributed by atoms with van der Waals surface area (Å²) in [5, 5.41) is 8.19. The molecule has 0 radical (unpaired) electrons. The van der Waals surface area contributed by atoms with Crippen molar-refractivity contribution in [2.45, 2.75) is 59.3 Å². The van der Waals surface area contributed by atoms with Gasteiger partial charge >= 0.3 is 0 Å². The summed E-state index contributed by atoms with van der Waals surface area (Å²) < 4.78 is 8.38. The van der Waals surface area contributed by atoms with Crippen LogP contribution in [-0.4, -0.2) is 21.2 Å². The van der Waals surface area contributed by atoms with Gasteiger partial charge in [-0.25, -0.2) is 0 Å². The lowest BCUT2D eigenvalue weighted by Crippen LogP contribution is -2.41. The number of fused-ring (bicyclic) bond motifs is 1. The molecule has 2 aromatic heterocycles. The van der Waals surface area contributed by atoms with Crippen molar-refractivity contribution in [2.75, 3.05) is 6.61 Å². The molecular formula is C20H29N3O. The van der Waals surface area contributed by atoms with Crippen molar-refractivity contribution in [1.82, 2.24) is 14.6 Å². The lowest BCUT2D eigenvalue weighted by atomic mass is 9.59. The van der Waals surface area contributed by atoms with E-state index in [1.165, 1.54) is 31.2 Å². The van der Waals surface area contributed by atoms with Gasteiger partial charge in [-0.1, -0.05) is 27.7 Å². The summed E-state index contributed by atoms with van der Waals surface area (Å²) >= 11 is 0. The maximum absolute atomic E-state index is 6.37. The number of hydrogen-bond acceptors (Lipinski definition) is 3. The van der Waals surface area contributed by atoms with Crippen LogP contribution in [0.5, 0.6) is 5.75 Å². The first kappa shape index (κ1) is 15.9. The Kier molecular flexibility index (Phi) is 3.81. The molecule has 4 heteroatoms. The molecule has 2 aromatic rings. The first-order valence-corrected chi connectivity index (χ1v) is 9.43. The van der Waals surface area contributed by atoms with Crippen molar-refractivity contribution < 1.29 is 4.74 Å². The highest BCUT2D eigenvalue weighted by atomic mass is 16.5. The Balaban J connectivity index is 1.53. The molecule has 24 heavy (non-hydrogen) atoms. The minimum atomic E-state index is 0.391. The van der Waals surface area contributed by atoms with E-state index in [2.05, 4.69) is 50.2 Å². The van der Waals surface area contributed by atoms with Crippen LogP contribution in [0.2, 0.25) is 0 Å². The van der Waals surface area contributed by atoms with Crippen molar-refractivity contribution in [3.05, 3.63) is 24.2 Å². The molecule has 130 valence electrons. The molecule has 2 aliphatic rings. The molecule has 2 heterocycles. The maximum Gasteiger partial charge on any atom is 0.164 e. The summed E-state index contributed by atoms with van der Waals surface area (Å²) in [5.74, 6) is 3.80. The molecule has 2 fully saturated rings. The number of hydrogen-bond donors (Lipinski definition) is 0. The Labute approximate surface area is 144 Å². The Morgan fingerprint density at radius 3 is 2.75 bits per heavy atom. The average molecular weight is 327 g/mol. The zero-order valence-corrected chi connectivity index (χ0v) is 15.3. The van der Waals surface area contributed by atoms with Gasteiger partial charge in [0.15, 0.2) is 5.65 Å². The first-order chi connectivity index (χ1) is 11.5. The Morgan fingerprint density at radius 1 is 1.21 bits per heavy atom. The third-order valence-corrected chi connectivity index (χ3v) is 7.02. The SMILES string of the molecule is C[C@@H]1CC[C@H](COc2cc3nncn3cc2C2CC2)[C@H](C)C1(C)C. The van der Waals surface area contributed by atoms with Gasteiger partial charge in [-0.15, -0.1) is 10.2 Å². The highest BCUT2D eigenvalue weighted by Gasteiger charge is 2.41. The minimum Gasteiger partial charge on any atom is -0.493 e. The highest BCUT2D eigenvalue weighted by molar-refractivity contribution is 5.49. The van der Waals surface area contributed by atoms with Crippen LogP contribution in [0.1, 0.15) is 64.9 Å². The predicted octanol–water partition coefficient (Wildman–Crippen LogP) is 4.69. The van der Waals surface area contributed by atoms with Gasteiger partial charge in [0.05, 0.1) is 6.61 Å². The Hall–Kier alpha value is -1.58. The zero-order valence-electron chi connectivity index (χ0n) is 15.3. The molecule has 4 rings (SSSR count). The average Bonchev–Trinajstić information content (AvgIpc) is 3.30. The molecule has 0 aromatic carbocycles. The monoisotopic (exact) mass is 327 g/mol. The third kappa shape index (κ3) is 2.70. The molecule has 0 N–H and O–H groups in total. The van der Waals surface area contributed by atoms with Crippen molar-refractivity contribution in [1.29, 1.82) is 0 Å². The maximum atomic E-state index is 6.37. The highest BCUT2D eigenvalue weighted by Crippen LogP contribution is 2.48. The van der Waals surface area contributed by atoms with E-state index in [1.54, 1.807) is 6.33 Å². The van der Waals surface area contributed by atoms with Crippen LogP contribution < -0.4 is 4.74 Å². The van der Waals surface area contributed by atoms with Gasteiger partial charge in [0.25, 0.3) is 0 Å². The van der Waals surface area contributed by atoms with E-state index in [1.807, 2.05) is 4.40 Å². The normalized spacial score (nSPS) is 29.8. The topological polar surface area (TPSA) is 39.4 Å². The van der Waals surface area contributed by atoms with E-state index in [4.69, 9.17) is 4.74 Å². The number of aromatic nitrogens is 3. The van der Waals surface area contributed by atoms with Crippen molar-refractivity contribution in [2.24, 2.45) is 23.2 Å². The molecule has 0 unspecified atom stereocenters. The van der Waals surface area contributed by atoms with E-state index < -0.39 is 0 Å². The van der Waals surface area contributed by atoms with Gasteiger partial charge < -0.3 is 4.74 Å². The van der Waals surface area contributed by atoms with Gasteiger partial charge in [-0.2, -0.15) is 0 Å². The molecule has 4 nitrogen and oxygen atoms in total. The molecule has 0 aliphatic heterocycles. The molecule has 2 saturated carbocycles. The Bertz CT molecular complexity index is 732. The summed E-state index contributed by atoms with van der Waals surface area (Å²) in [6.45, 7) is 10.5. The van der Waals surface area contributed by atoms with Crippen LogP contribution in [0.25, 0.3) is 5.65 Å². The summed E-state index contributed by atoms with van der Waals surface area (Å²) in [7, 11) is 0. The number of pyridine rings is 1. The molecule has 0 bridgehead atoms. The van der Waals surface area contributed by atoms with Crippen LogP contribution in [0, 0.1) is 23.2 Å². The van der Waals surface area contributed by atoms with E-state index in [0.29, 0.717) is 23.2 Å². The van der Waals surface area contributed by atoms with Crippen LogP contribution in [-0.2, 0) is 0 Å². The van der Waals surface area contributed by atoms with Crippen molar-refractivity contribution in [3.63, 3.8) is 0 Å². The fourth-order valence-corrected chi connectivity index (χ4v) is 4.26. The van der Waals surface area contributed by atoms with Crippen LogP contribution in [0.3, 0.4) is 0 Å². The first-order valence-electron chi connectivity index (χ1n) is 9.43. The second-order valence-corrected chi connectivity index (χ2v) is 8.62. The predicted molar refractivity (Wildman–Crippen MR) is 95.3 cm³/mol. The molecule has 0 amide bonds. The standard InChI is InChI=1S/C20H29N3O/c1-13-5-6-16(14(2)20(13,3)4)11-24-18-9-19-22-21-12-23(19)10-17(18)15-7-8-15/h9-10,12-16H,5-8,11H2,1-4H3/t13-,14+,16-/m1/s1. The molecule has 3 atom stereocenters. The summed E-state index contributed by atoms with van der Waals surface area (Å²) in [6.07, 6.45) is 9.07. The smallest absolute Gasteiger partial charge is 0.164 e. The quantitative estimate of drug-likeness (QED) is 0.817. The van der Waals surface area contributed by atoms with Gasteiger partial charge in [-0.05, 0) is 54.8 Å². The van der Waals surface area contributed by atoms with Gasteiger partial charge in [0, 0.05) is 17.8 Å².